The molecule has 1 heterocycles. The molecule has 1 unspecified atom stereocenters. The molecule has 0 amide bonds. The highest BCUT2D eigenvalue weighted by Gasteiger charge is 2.32. The number of carbonyl (C=O) groups excluding carboxylic acids is 1. The smallest absolute Gasteiger partial charge is 0.192 e. The summed E-state index contributed by atoms with van der Waals surface area (Å²) in [4.78, 5) is 13.5. The molecule has 3 heteroatoms. The molecule has 0 bridgehead atoms. The van der Waals surface area contributed by atoms with E-state index < -0.39 is 0 Å². The SMILES string of the molecule is NC1SC2=CC=CC2=C1C(=O)c1ccccc1. The zero-order valence-electron chi connectivity index (χ0n) is 9.09. The summed E-state index contributed by atoms with van der Waals surface area (Å²) >= 11 is 1.55. The van der Waals surface area contributed by atoms with E-state index in [1.165, 1.54) is 0 Å². The number of fused-ring (bicyclic) bond motifs is 1. The van der Waals surface area contributed by atoms with Gasteiger partial charge in [0, 0.05) is 16.0 Å². The molecule has 0 saturated carbocycles. The summed E-state index contributed by atoms with van der Waals surface area (Å²) in [7, 11) is 0. The van der Waals surface area contributed by atoms with Crippen molar-refractivity contribution in [3.8, 4) is 0 Å². The molecule has 17 heavy (non-hydrogen) atoms. The number of thioether (sulfide) groups is 1. The van der Waals surface area contributed by atoms with Crippen LogP contribution in [0.5, 0.6) is 0 Å². The lowest BCUT2D eigenvalue weighted by Crippen LogP contribution is -2.21. The second-order valence-electron chi connectivity index (χ2n) is 3.95. The first-order valence-electron chi connectivity index (χ1n) is 5.42. The molecule has 84 valence electrons. The Hall–Kier alpha value is -1.58. The second-order valence-corrected chi connectivity index (χ2v) is 5.13. The van der Waals surface area contributed by atoms with Crippen LogP contribution in [0.2, 0.25) is 0 Å². The molecule has 0 radical (unpaired) electrons. The van der Waals surface area contributed by atoms with Crippen molar-refractivity contribution >= 4 is 17.5 Å². The van der Waals surface area contributed by atoms with Gasteiger partial charge in [0.25, 0.3) is 0 Å². The molecule has 1 aromatic carbocycles. The fourth-order valence-corrected chi connectivity index (χ4v) is 3.16. The minimum atomic E-state index is -0.242. The van der Waals surface area contributed by atoms with Crippen molar-refractivity contribution in [1.29, 1.82) is 0 Å². The Kier molecular flexibility index (Phi) is 2.50. The number of rotatable bonds is 2. The summed E-state index contributed by atoms with van der Waals surface area (Å²) in [6, 6.07) is 9.29. The summed E-state index contributed by atoms with van der Waals surface area (Å²) in [5, 5.41) is -0.242. The normalized spacial score (nSPS) is 21.7. The summed E-state index contributed by atoms with van der Waals surface area (Å²) < 4.78 is 0. The summed E-state index contributed by atoms with van der Waals surface area (Å²) in [6.45, 7) is 0. The molecular formula is C14H11NOS. The van der Waals surface area contributed by atoms with Gasteiger partial charge in [0.15, 0.2) is 5.78 Å². The van der Waals surface area contributed by atoms with Gasteiger partial charge in [0.05, 0.1) is 5.37 Å². The molecule has 1 aliphatic heterocycles. The molecule has 1 aliphatic carbocycles. The van der Waals surface area contributed by atoms with Gasteiger partial charge in [-0.2, -0.15) is 0 Å². The Balaban J connectivity index is 2.06. The van der Waals surface area contributed by atoms with Crippen molar-refractivity contribution in [2.75, 3.05) is 0 Å². The van der Waals surface area contributed by atoms with Gasteiger partial charge in [-0.1, -0.05) is 42.5 Å². The Morgan fingerprint density at radius 1 is 1.24 bits per heavy atom. The van der Waals surface area contributed by atoms with Crippen molar-refractivity contribution in [3.05, 3.63) is 70.2 Å². The quantitative estimate of drug-likeness (QED) is 0.809. The van der Waals surface area contributed by atoms with Gasteiger partial charge in [-0.3, -0.25) is 4.79 Å². The molecule has 2 aliphatic rings. The lowest BCUT2D eigenvalue weighted by atomic mass is 9.99. The van der Waals surface area contributed by atoms with Crippen molar-refractivity contribution < 1.29 is 4.79 Å². The molecular weight excluding hydrogens is 230 g/mol. The average Bonchev–Trinajstić information content (AvgIpc) is 2.89. The minimum absolute atomic E-state index is 0.0375. The van der Waals surface area contributed by atoms with E-state index in [9.17, 15) is 4.79 Å². The predicted molar refractivity (Wildman–Crippen MR) is 70.6 cm³/mol. The van der Waals surface area contributed by atoms with Crippen LogP contribution >= 0.6 is 11.8 Å². The molecule has 2 N–H and O–H groups in total. The Morgan fingerprint density at radius 3 is 2.76 bits per heavy atom. The largest absolute Gasteiger partial charge is 0.315 e. The van der Waals surface area contributed by atoms with Gasteiger partial charge in [-0.15, -0.1) is 11.8 Å². The first-order chi connectivity index (χ1) is 8.27. The third-order valence-electron chi connectivity index (χ3n) is 2.89. The third kappa shape index (κ3) is 1.68. The van der Waals surface area contributed by atoms with Gasteiger partial charge >= 0.3 is 0 Å². The van der Waals surface area contributed by atoms with Gasteiger partial charge in [0.1, 0.15) is 0 Å². The van der Waals surface area contributed by atoms with Crippen LogP contribution in [0.25, 0.3) is 0 Å². The Labute approximate surface area is 104 Å². The topological polar surface area (TPSA) is 43.1 Å². The van der Waals surface area contributed by atoms with E-state index in [2.05, 4.69) is 0 Å². The number of hydrogen-bond donors (Lipinski definition) is 1. The number of benzene rings is 1. The third-order valence-corrected chi connectivity index (χ3v) is 3.98. The molecule has 3 rings (SSSR count). The fourth-order valence-electron chi connectivity index (χ4n) is 2.07. The van der Waals surface area contributed by atoms with E-state index in [0.29, 0.717) is 5.56 Å². The minimum Gasteiger partial charge on any atom is -0.315 e. The van der Waals surface area contributed by atoms with Crippen LogP contribution in [-0.2, 0) is 0 Å². The van der Waals surface area contributed by atoms with Gasteiger partial charge in [-0.05, 0) is 11.6 Å². The van der Waals surface area contributed by atoms with E-state index in [1.807, 2.05) is 48.6 Å². The van der Waals surface area contributed by atoms with Crippen LogP contribution in [0, 0.1) is 0 Å². The standard InChI is InChI=1S/C14H11NOS/c15-14-12(10-7-4-8-11(10)17-14)13(16)9-5-2-1-3-6-9/h1-8,14H,15H2. The zero-order chi connectivity index (χ0) is 11.8. The van der Waals surface area contributed by atoms with Crippen LogP contribution in [0.4, 0.5) is 0 Å². The highest BCUT2D eigenvalue weighted by atomic mass is 32.2. The van der Waals surface area contributed by atoms with Crippen LogP contribution in [0.1, 0.15) is 10.4 Å². The number of hydrogen-bond acceptors (Lipinski definition) is 3. The molecule has 0 fully saturated rings. The predicted octanol–water partition coefficient (Wildman–Crippen LogP) is 2.65. The highest BCUT2D eigenvalue weighted by Crippen LogP contribution is 2.43. The summed E-state index contributed by atoms with van der Waals surface area (Å²) in [5.41, 5.74) is 8.44. The van der Waals surface area contributed by atoms with E-state index in [4.69, 9.17) is 5.73 Å². The van der Waals surface area contributed by atoms with Gasteiger partial charge < -0.3 is 5.73 Å². The van der Waals surface area contributed by atoms with Gasteiger partial charge in [0.2, 0.25) is 0 Å². The van der Waals surface area contributed by atoms with E-state index in [0.717, 1.165) is 16.1 Å². The van der Waals surface area contributed by atoms with Crippen LogP contribution in [0.15, 0.2) is 64.6 Å². The highest BCUT2D eigenvalue weighted by molar-refractivity contribution is 8.04. The maximum atomic E-state index is 12.4. The number of Topliss-reactive ketones (excluding diaryl/α,β-unsaturated/α-hetero) is 1. The van der Waals surface area contributed by atoms with Crippen LogP contribution in [-0.4, -0.2) is 11.2 Å². The number of allylic oxidation sites excluding steroid dienone is 4. The van der Waals surface area contributed by atoms with Crippen molar-refractivity contribution in [1.82, 2.24) is 0 Å². The Bertz CT molecular complexity index is 569. The average molecular weight is 241 g/mol. The van der Waals surface area contributed by atoms with Crippen LogP contribution < -0.4 is 5.73 Å². The van der Waals surface area contributed by atoms with E-state index in [1.54, 1.807) is 11.8 Å². The summed E-state index contributed by atoms with van der Waals surface area (Å²) in [5.74, 6) is 0.0375. The van der Waals surface area contributed by atoms with Crippen LogP contribution in [0.3, 0.4) is 0 Å². The lowest BCUT2D eigenvalue weighted by Gasteiger charge is -2.07. The zero-order valence-corrected chi connectivity index (χ0v) is 9.91. The van der Waals surface area contributed by atoms with E-state index in [-0.39, 0.29) is 11.2 Å². The Morgan fingerprint density at radius 2 is 2.00 bits per heavy atom. The van der Waals surface area contributed by atoms with E-state index >= 15 is 0 Å². The number of ketones is 1. The van der Waals surface area contributed by atoms with Gasteiger partial charge in [-0.25, -0.2) is 0 Å². The monoisotopic (exact) mass is 241 g/mol. The molecule has 0 saturated heterocycles. The number of nitrogens with two attached hydrogens (primary N) is 1. The summed E-state index contributed by atoms with van der Waals surface area (Å²) in [6.07, 6.45) is 5.93. The molecule has 1 atom stereocenters. The fraction of sp³-hybridized carbons (Fsp3) is 0.0714. The first kappa shape index (κ1) is 10.6. The maximum Gasteiger partial charge on any atom is 0.192 e. The van der Waals surface area contributed by atoms with Crippen molar-refractivity contribution in [3.63, 3.8) is 0 Å². The first-order valence-corrected chi connectivity index (χ1v) is 6.30. The molecule has 1 aromatic rings. The lowest BCUT2D eigenvalue weighted by molar-refractivity contribution is 0.103. The van der Waals surface area contributed by atoms with Crippen molar-refractivity contribution in [2.45, 2.75) is 5.37 Å². The molecule has 2 nitrogen and oxygen atoms in total. The number of carbonyl (C=O) groups is 1. The molecule has 0 aromatic heterocycles. The van der Waals surface area contributed by atoms with Crippen molar-refractivity contribution in [2.24, 2.45) is 5.73 Å². The second kappa shape index (κ2) is 4.02. The maximum absolute atomic E-state index is 12.4. The molecule has 0 spiro atoms.